The summed E-state index contributed by atoms with van der Waals surface area (Å²) >= 11 is 0. The van der Waals surface area contributed by atoms with Gasteiger partial charge in [-0.2, -0.15) is 5.06 Å². The minimum atomic E-state index is -2.12. The van der Waals surface area contributed by atoms with Gasteiger partial charge in [0.15, 0.2) is 8.32 Å². The Morgan fingerprint density at radius 1 is 1.06 bits per heavy atom. The van der Waals surface area contributed by atoms with E-state index in [1.54, 1.807) is 0 Å². The van der Waals surface area contributed by atoms with Gasteiger partial charge in [-0.1, -0.05) is 32.9 Å². The van der Waals surface area contributed by atoms with Gasteiger partial charge in [-0.3, -0.25) is 9.63 Å². The zero-order valence-electron chi connectivity index (χ0n) is 25.4. The van der Waals surface area contributed by atoms with Crippen LogP contribution in [0, 0.1) is 11.8 Å². The lowest BCUT2D eigenvalue weighted by Gasteiger charge is -2.52. The van der Waals surface area contributed by atoms with E-state index in [0.29, 0.717) is 6.42 Å². The summed E-state index contributed by atoms with van der Waals surface area (Å²) in [7, 11) is -2.12. The van der Waals surface area contributed by atoms with Crippen molar-refractivity contribution < 1.29 is 23.9 Å². The van der Waals surface area contributed by atoms with Crippen LogP contribution in [0.2, 0.25) is 18.1 Å². The number of hydrogen-bond donors (Lipinski definition) is 1. The highest BCUT2D eigenvalue weighted by atomic mass is 28.4. The van der Waals surface area contributed by atoms with E-state index < -0.39 is 25.9 Å². The number of hydrogen-bond acceptors (Lipinski definition) is 6. The van der Waals surface area contributed by atoms with Gasteiger partial charge in [-0.25, -0.2) is 0 Å². The van der Waals surface area contributed by atoms with E-state index >= 15 is 0 Å². The molecule has 5 atom stereocenters. The molecule has 0 aromatic carbocycles. The zero-order valence-corrected chi connectivity index (χ0v) is 26.4. The molecule has 1 N–H and O–H groups in total. The monoisotopic (exact) mass is 525 g/mol. The number of rotatable bonds is 7. The van der Waals surface area contributed by atoms with Crippen LogP contribution >= 0.6 is 0 Å². The van der Waals surface area contributed by atoms with E-state index in [2.05, 4.69) is 66.6 Å². The van der Waals surface area contributed by atoms with Crippen molar-refractivity contribution in [3.05, 3.63) is 12.2 Å². The molecule has 1 saturated carbocycles. The Kier molecular flexibility index (Phi) is 9.44. The molecule has 0 bridgehead atoms. The summed E-state index contributed by atoms with van der Waals surface area (Å²) in [5.74, 6) is -1.31. The Morgan fingerprint density at radius 3 is 2.06 bits per heavy atom. The maximum atomic E-state index is 13.2. The largest absolute Gasteiger partial charge is 0.460 e. The first-order chi connectivity index (χ1) is 16.1. The molecule has 210 valence electrons. The molecule has 0 spiro atoms. The molecule has 1 unspecified atom stereocenters. The molecule has 7 heteroatoms. The fourth-order valence-corrected chi connectivity index (χ4v) is 6.75. The summed E-state index contributed by atoms with van der Waals surface area (Å²) in [6.45, 7) is 27.6. The third-order valence-corrected chi connectivity index (χ3v) is 12.7. The van der Waals surface area contributed by atoms with Gasteiger partial charge < -0.3 is 14.3 Å². The molecular weight excluding hydrogens is 470 g/mol. The van der Waals surface area contributed by atoms with Gasteiger partial charge in [0, 0.05) is 17.0 Å². The quantitative estimate of drug-likeness (QED) is 0.228. The second kappa shape index (κ2) is 10.8. The first kappa shape index (κ1) is 31.5. The van der Waals surface area contributed by atoms with Crippen LogP contribution in [0.4, 0.5) is 0 Å². The summed E-state index contributed by atoms with van der Waals surface area (Å²) in [6, 6.07) is 0. The molecule has 2 fully saturated rings. The van der Waals surface area contributed by atoms with Crippen molar-refractivity contribution in [2.75, 3.05) is 0 Å². The summed E-state index contributed by atoms with van der Waals surface area (Å²) in [5, 5.41) is 13.2. The van der Waals surface area contributed by atoms with Crippen LogP contribution in [0.15, 0.2) is 12.2 Å². The predicted octanol–water partition coefficient (Wildman–Crippen LogP) is 6.63. The van der Waals surface area contributed by atoms with Gasteiger partial charge >= 0.3 is 5.97 Å². The molecule has 36 heavy (non-hydrogen) atoms. The Morgan fingerprint density at radius 2 is 1.58 bits per heavy atom. The first-order valence-corrected chi connectivity index (χ1v) is 16.7. The highest BCUT2D eigenvalue weighted by Gasteiger charge is 2.51. The number of esters is 1. The SMILES string of the molecule is CC(/C=C/[C@@H]1[C@H](C(=O)OC(C)(C)C)[C@H](O)C[C@H]1O[Si](C)(C)C(C)(C)C)ON1C(C)(C)CCCC1(C)C. The Hall–Kier alpha value is -0.733. The van der Waals surface area contributed by atoms with Gasteiger partial charge in [0.2, 0.25) is 0 Å². The number of ether oxygens (including phenoxy) is 1. The van der Waals surface area contributed by atoms with Crippen LogP contribution in [-0.2, 0) is 18.8 Å². The van der Waals surface area contributed by atoms with Crippen molar-refractivity contribution in [2.45, 2.75) is 155 Å². The minimum absolute atomic E-state index is 0.0258. The van der Waals surface area contributed by atoms with Crippen LogP contribution in [-0.4, -0.2) is 59.4 Å². The van der Waals surface area contributed by atoms with Gasteiger partial charge in [-0.15, -0.1) is 0 Å². The molecule has 1 aliphatic carbocycles. The Labute approximate surface area is 222 Å². The molecule has 0 aromatic heterocycles. The van der Waals surface area contributed by atoms with Crippen LogP contribution in [0.25, 0.3) is 0 Å². The summed E-state index contributed by atoms with van der Waals surface area (Å²) in [6.07, 6.45) is 6.62. The Balaban J connectivity index is 2.31. The third-order valence-electron chi connectivity index (χ3n) is 8.22. The fourth-order valence-electron chi connectivity index (χ4n) is 5.39. The van der Waals surface area contributed by atoms with Crippen molar-refractivity contribution in [3.8, 4) is 0 Å². The van der Waals surface area contributed by atoms with E-state index in [-0.39, 0.29) is 40.2 Å². The molecule has 2 rings (SSSR count). The van der Waals surface area contributed by atoms with Crippen molar-refractivity contribution >= 4 is 14.3 Å². The average molecular weight is 526 g/mol. The average Bonchev–Trinajstić information content (AvgIpc) is 2.94. The molecule has 2 aliphatic rings. The number of aliphatic hydroxyl groups excluding tert-OH is 1. The molecule has 0 amide bonds. The van der Waals surface area contributed by atoms with E-state index in [9.17, 15) is 9.90 Å². The maximum Gasteiger partial charge on any atom is 0.312 e. The maximum absolute atomic E-state index is 13.2. The molecule has 1 heterocycles. The fraction of sp³-hybridized carbons (Fsp3) is 0.897. The van der Waals surface area contributed by atoms with E-state index in [1.807, 2.05) is 39.8 Å². The highest BCUT2D eigenvalue weighted by Crippen LogP contribution is 2.44. The van der Waals surface area contributed by atoms with Crippen LogP contribution in [0.5, 0.6) is 0 Å². The predicted molar refractivity (Wildman–Crippen MR) is 149 cm³/mol. The summed E-state index contributed by atoms with van der Waals surface area (Å²) in [5.41, 5.74) is -0.730. The summed E-state index contributed by atoms with van der Waals surface area (Å²) in [4.78, 5) is 19.7. The van der Waals surface area contributed by atoms with Crippen molar-refractivity contribution in [3.63, 3.8) is 0 Å². The van der Waals surface area contributed by atoms with Gasteiger partial charge in [0.05, 0.1) is 24.2 Å². The number of carbonyl (C=O) groups is 1. The smallest absolute Gasteiger partial charge is 0.312 e. The number of hydroxylamine groups is 2. The molecule has 0 radical (unpaired) electrons. The van der Waals surface area contributed by atoms with E-state index in [0.717, 1.165) is 12.8 Å². The molecule has 6 nitrogen and oxygen atoms in total. The van der Waals surface area contributed by atoms with Crippen LogP contribution < -0.4 is 0 Å². The first-order valence-electron chi connectivity index (χ1n) is 13.8. The van der Waals surface area contributed by atoms with Gasteiger partial charge in [-0.05, 0) is 99.2 Å². The molecule has 0 aromatic rings. The van der Waals surface area contributed by atoms with Gasteiger partial charge in [0.1, 0.15) is 5.60 Å². The second-order valence-corrected chi connectivity index (χ2v) is 19.6. The molecule has 1 aliphatic heterocycles. The third kappa shape index (κ3) is 7.65. The molecular formula is C29H55NO5Si. The topological polar surface area (TPSA) is 68.2 Å². The molecule has 1 saturated heterocycles. The van der Waals surface area contributed by atoms with E-state index in [4.69, 9.17) is 14.0 Å². The van der Waals surface area contributed by atoms with Crippen molar-refractivity contribution in [2.24, 2.45) is 11.8 Å². The normalized spacial score (nSPS) is 30.5. The second-order valence-electron chi connectivity index (χ2n) is 14.8. The van der Waals surface area contributed by atoms with Crippen molar-refractivity contribution in [1.82, 2.24) is 5.06 Å². The number of aliphatic hydroxyl groups is 1. The Bertz CT molecular complexity index is 776. The highest BCUT2D eigenvalue weighted by molar-refractivity contribution is 6.74. The van der Waals surface area contributed by atoms with Crippen LogP contribution in [0.1, 0.15) is 102 Å². The lowest BCUT2D eigenvalue weighted by molar-refractivity contribution is -0.293. The van der Waals surface area contributed by atoms with E-state index in [1.165, 1.54) is 6.42 Å². The summed E-state index contributed by atoms with van der Waals surface area (Å²) < 4.78 is 12.5. The lowest BCUT2D eigenvalue weighted by Crippen LogP contribution is -2.59. The van der Waals surface area contributed by atoms with Gasteiger partial charge in [0.25, 0.3) is 0 Å². The van der Waals surface area contributed by atoms with Crippen molar-refractivity contribution in [1.29, 1.82) is 0 Å². The number of nitrogens with zero attached hydrogens (tertiary/aromatic N) is 1. The zero-order chi connectivity index (χ0) is 27.9. The number of piperidine rings is 1. The number of carbonyl (C=O) groups excluding carboxylic acids is 1. The lowest BCUT2D eigenvalue weighted by atomic mass is 9.82. The van der Waals surface area contributed by atoms with Crippen LogP contribution in [0.3, 0.4) is 0 Å². The minimum Gasteiger partial charge on any atom is -0.460 e. The standard InChI is InChI=1S/C29H55NO5Si/c1-20(34-30-28(8,9)17-14-18-29(30,10)11)15-16-21-23(35-36(12,13)27(5,6)7)19-22(31)24(21)25(32)33-26(2,3)4/h15-16,20-24,31H,14,17-19H2,1-13H3/b16-15+/t20?,21-,22+,23+,24-/m0/s1.